The third-order valence-electron chi connectivity index (χ3n) is 11.0. The van der Waals surface area contributed by atoms with Crippen LogP contribution in [0.3, 0.4) is 0 Å². The number of carbonyl (C=O) groups excluding carboxylic acids is 3. The minimum absolute atomic E-state index is 0.0886. The van der Waals surface area contributed by atoms with Crippen LogP contribution in [0.5, 0.6) is 0 Å². The lowest BCUT2D eigenvalue weighted by molar-refractivity contribution is -0.167. The van der Waals surface area contributed by atoms with E-state index in [1.54, 1.807) is 0 Å². The van der Waals surface area contributed by atoms with Crippen LogP contribution in [0.1, 0.15) is 245 Å². The van der Waals surface area contributed by atoms with E-state index in [2.05, 4.69) is 63.8 Å². The zero-order valence-electron chi connectivity index (χ0n) is 39.0. The molecule has 59 heavy (non-hydrogen) atoms. The van der Waals surface area contributed by atoms with E-state index in [1.165, 1.54) is 109 Å². The van der Waals surface area contributed by atoms with Crippen molar-refractivity contribution in [3.63, 3.8) is 0 Å². The fourth-order valence-corrected chi connectivity index (χ4v) is 7.15. The van der Waals surface area contributed by atoms with Crippen LogP contribution in [0.2, 0.25) is 0 Å². The summed E-state index contributed by atoms with van der Waals surface area (Å²) in [5, 5.41) is 0. The van der Waals surface area contributed by atoms with Crippen LogP contribution < -0.4 is 0 Å². The van der Waals surface area contributed by atoms with Gasteiger partial charge >= 0.3 is 17.9 Å². The van der Waals surface area contributed by atoms with Crippen molar-refractivity contribution in [1.29, 1.82) is 0 Å². The normalized spacial score (nSPS) is 12.7. The predicted molar refractivity (Wildman–Crippen MR) is 252 cm³/mol. The van der Waals surface area contributed by atoms with Crippen molar-refractivity contribution in [3.8, 4) is 0 Å². The van der Waals surface area contributed by atoms with Gasteiger partial charge in [-0.2, -0.15) is 0 Å². The second-order valence-corrected chi connectivity index (χ2v) is 17.0. The number of carbonyl (C=O) groups is 3. The van der Waals surface area contributed by atoms with E-state index >= 15 is 0 Å². The molecular formula is C53H94O6. The molecule has 0 saturated carbocycles. The molecule has 6 heteroatoms. The maximum Gasteiger partial charge on any atom is 0.306 e. The van der Waals surface area contributed by atoms with Crippen molar-refractivity contribution in [3.05, 3.63) is 49.1 Å². The number of rotatable bonds is 45. The molecule has 0 heterocycles. The first kappa shape index (κ1) is 56.4. The molecular weight excluding hydrogens is 733 g/mol. The molecule has 0 aromatic heterocycles. The van der Waals surface area contributed by atoms with Crippen molar-refractivity contribution in [2.45, 2.75) is 252 Å². The van der Waals surface area contributed by atoms with E-state index in [0.29, 0.717) is 25.2 Å². The topological polar surface area (TPSA) is 78.9 Å². The van der Waals surface area contributed by atoms with Crippen molar-refractivity contribution >= 4 is 17.9 Å². The fourth-order valence-electron chi connectivity index (χ4n) is 7.15. The van der Waals surface area contributed by atoms with Gasteiger partial charge in [0.05, 0.1) is 0 Å². The second-order valence-electron chi connectivity index (χ2n) is 17.0. The van der Waals surface area contributed by atoms with Crippen molar-refractivity contribution in [2.75, 3.05) is 13.2 Å². The molecule has 0 amide bonds. The Morgan fingerprint density at radius 2 is 0.814 bits per heavy atom. The van der Waals surface area contributed by atoms with Gasteiger partial charge in [-0.1, -0.05) is 185 Å². The van der Waals surface area contributed by atoms with Crippen LogP contribution in [-0.2, 0) is 28.6 Å². The Kier molecular flexibility index (Phi) is 44.4. The van der Waals surface area contributed by atoms with Gasteiger partial charge in [-0.15, -0.1) is 6.58 Å². The number of esters is 3. The van der Waals surface area contributed by atoms with Crippen LogP contribution in [0.25, 0.3) is 0 Å². The Balaban J connectivity index is 4.42. The van der Waals surface area contributed by atoms with E-state index in [0.717, 1.165) is 96.3 Å². The van der Waals surface area contributed by atoms with Gasteiger partial charge < -0.3 is 14.2 Å². The summed E-state index contributed by atoms with van der Waals surface area (Å²) < 4.78 is 16.8. The largest absolute Gasteiger partial charge is 0.462 e. The van der Waals surface area contributed by atoms with Crippen molar-refractivity contribution < 1.29 is 28.6 Å². The quantitative estimate of drug-likeness (QED) is 0.0263. The molecule has 0 N–H and O–H groups in total. The van der Waals surface area contributed by atoms with E-state index in [4.69, 9.17) is 14.2 Å². The second kappa shape index (κ2) is 46.4. The van der Waals surface area contributed by atoms with Gasteiger partial charge in [-0.25, -0.2) is 0 Å². The van der Waals surface area contributed by atoms with Gasteiger partial charge in [0.1, 0.15) is 13.2 Å². The molecule has 2 unspecified atom stereocenters. The summed E-state index contributed by atoms with van der Waals surface area (Å²) in [4.78, 5) is 37.9. The van der Waals surface area contributed by atoms with Gasteiger partial charge in [-0.3, -0.25) is 14.4 Å². The highest BCUT2D eigenvalue weighted by Crippen LogP contribution is 2.15. The minimum atomic E-state index is -0.789. The smallest absolute Gasteiger partial charge is 0.306 e. The molecule has 2 atom stereocenters. The fraction of sp³-hybridized carbons (Fsp3) is 0.792. The van der Waals surface area contributed by atoms with Gasteiger partial charge in [0.2, 0.25) is 0 Å². The van der Waals surface area contributed by atoms with Crippen LogP contribution in [-0.4, -0.2) is 37.2 Å². The number of hydrogen-bond donors (Lipinski definition) is 0. The van der Waals surface area contributed by atoms with Crippen LogP contribution in [0.4, 0.5) is 0 Å². The molecule has 0 aliphatic heterocycles. The highest BCUT2D eigenvalue weighted by molar-refractivity contribution is 5.71. The molecule has 0 spiro atoms. The summed E-state index contributed by atoms with van der Waals surface area (Å²) in [6.07, 6.45) is 53.1. The summed E-state index contributed by atoms with van der Waals surface area (Å²) in [7, 11) is 0. The molecule has 0 fully saturated rings. The first-order chi connectivity index (χ1) is 28.9. The van der Waals surface area contributed by atoms with Crippen molar-refractivity contribution in [1.82, 2.24) is 0 Å². The first-order valence-electron chi connectivity index (χ1n) is 25.0. The van der Waals surface area contributed by atoms with E-state index in [9.17, 15) is 14.4 Å². The number of unbranched alkanes of at least 4 members (excludes halogenated alkanes) is 25. The highest BCUT2D eigenvalue weighted by Gasteiger charge is 2.19. The lowest BCUT2D eigenvalue weighted by atomic mass is 10.0. The standard InChI is InChI=1S/C53H94O6/c1-5-8-11-13-15-17-19-21-23-25-27-29-31-33-39-44-51(54)57-47-50(48-58-52(55)45-40-36-35-38-43-49(4)42-37-10-7-3)59-53(56)46-41-34-32-30-28-26-24-22-20-18-16-14-12-9-6-2/h7,21-24,37,42,49-50H,3,5-6,8-20,25-36,38-41,43-48H2,1-2,4H3/b23-21+,24-22+,42-37+. The summed E-state index contributed by atoms with van der Waals surface area (Å²) in [6.45, 7) is 10.3. The predicted octanol–water partition coefficient (Wildman–Crippen LogP) is 16.2. The molecule has 0 aromatic carbocycles. The number of hydrogen-bond acceptors (Lipinski definition) is 6. The molecule has 0 aromatic rings. The zero-order valence-corrected chi connectivity index (χ0v) is 39.0. The lowest BCUT2D eigenvalue weighted by Crippen LogP contribution is -2.30. The molecule has 342 valence electrons. The maximum absolute atomic E-state index is 12.8. The van der Waals surface area contributed by atoms with Gasteiger partial charge in [0.15, 0.2) is 6.10 Å². The Morgan fingerprint density at radius 3 is 1.22 bits per heavy atom. The zero-order chi connectivity index (χ0) is 43.1. The number of ether oxygens (including phenoxy) is 3. The van der Waals surface area contributed by atoms with Crippen molar-refractivity contribution in [2.24, 2.45) is 5.92 Å². The Hall–Kier alpha value is -2.63. The third kappa shape index (κ3) is 44.7. The van der Waals surface area contributed by atoms with E-state index < -0.39 is 6.10 Å². The monoisotopic (exact) mass is 827 g/mol. The third-order valence-corrected chi connectivity index (χ3v) is 11.0. The van der Waals surface area contributed by atoms with Gasteiger partial charge in [0.25, 0.3) is 0 Å². The summed E-state index contributed by atoms with van der Waals surface area (Å²) in [5.74, 6) is -0.376. The number of allylic oxidation sites excluding steroid dienone is 7. The van der Waals surface area contributed by atoms with E-state index in [-0.39, 0.29) is 31.1 Å². The molecule has 0 bridgehead atoms. The molecule has 0 radical (unpaired) electrons. The highest BCUT2D eigenvalue weighted by atomic mass is 16.6. The first-order valence-corrected chi connectivity index (χ1v) is 25.0. The Bertz CT molecular complexity index is 1040. The SMILES string of the molecule is C=CC/C=C/C(C)CCCCCCC(=O)OCC(COC(=O)CCCCCCC/C=C/CCCCCCCC)OC(=O)CCCCCCC/C=C/CCCCCCCC. The summed E-state index contributed by atoms with van der Waals surface area (Å²) >= 11 is 0. The maximum atomic E-state index is 12.8. The van der Waals surface area contributed by atoms with Crippen LogP contribution in [0, 0.1) is 5.92 Å². The molecule has 0 aliphatic carbocycles. The lowest BCUT2D eigenvalue weighted by Gasteiger charge is -2.18. The van der Waals surface area contributed by atoms with Gasteiger partial charge in [0, 0.05) is 19.3 Å². The van der Waals surface area contributed by atoms with Crippen LogP contribution in [0.15, 0.2) is 49.1 Å². The van der Waals surface area contributed by atoms with Gasteiger partial charge in [-0.05, 0) is 89.4 Å². The Morgan fingerprint density at radius 1 is 0.458 bits per heavy atom. The molecule has 0 aliphatic rings. The molecule has 6 nitrogen and oxygen atoms in total. The molecule has 0 rings (SSSR count). The summed E-state index contributed by atoms with van der Waals surface area (Å²) in [5.41, 5.74) is 0. The Labute approximate surface area is 365 Å². The average molecular weight is 827 g/mol. The van der Waals surface area contributed by atoms with Crippen LogP contribution >= 0.6 is 0 Å². The molecule has 0 saturated heterocycles. The summed E-state index contributed by atoms with van der Waals surface area (Å²) in [6, 6.07) is 0. The average Bonchev–Trinajstić information content (AvgIpc) is 3.23. The van der Waals surface area contributed by atoms with E-state index in [1.807, 2.05) is 6.08 Å². The minimum Gasteiger partial charge on any atom is -0.462 e.